The Bertz CT molecular complexity index is 916. The van der Waals surface area contributed by atoms with E-state index in [9.17, 15) is 14.4 Å². The Balaban J connectivity index is 1.50. The molecule has 0 spiro atoms. The minimum absolute atomic E-state index is 0.136. The molecule has 2 saturated heterocycles. The van der Waals surface area contributed by atoms with Crippen molar-refractivity contribution in [3.05, 3.63) is 71.8 Å². The first-order valence-corrected chi connectivity index (χ1v) is 9.90. The first-order chi connectivity index (χ1) is 14.5. The van der Waals surface area contributed by atoms with Crippen molar-refractivity contribution in [3.63, 3.8) is 0 Å². The third-order valence-electron chi connectivity index (χ3n) is 5.37. The first-order valence-electron chi connectivity index (χ1n) is 9.90. The number of hydrogen-bond acceptors (Lipinski definition) is 6. The van der Waals surface area contributed by atoms with E-state index in [2.05, 4.69) is 0 Å². The summed E-state index contributed by atoms with van der Waals surface area (Å²) in [5, 5.41) is 0. The van der Waals surface area contributed by atoms with Gasteiger partial charge < -0.3 is 14.2 Å². The summed E-state index contributed by atoms with van der Waals surface area (Å²) < 4.78 is 16.4. The predicted octanol–water partition coefficient (Wildman–Crippen LogP) is 2.87. The molecule has 0 aromatic heterocycles. The zero-order chi connectivity index (χ0) is 21.1. The molecule has 2 aliphatic rings. The van der Waals surface area contributed by atoms with Gasteiger partial charge in [0.05, 0.1) is 6.04 Å². The lowest BCUT2D eigenvalue weighted by atomic mass is 9.90. The highest BCUT2D eigenvalue weighted by Crippen LogP contribution is 2.37. The van der Waals surface area contributed by atoms with Crippen LogP contribution in [0.15, 0.2) is 60.7 Å². The molecule has 2 aliphatic heterocycles. The Labute approximate surface area is 174 Å². The maximum atomic E-state index is 13.0. The molecule has 2 aromatic rings. The molecule has 1 amide bonds. The highest BCUT2D eigenvalue weighted by Gasteiger charge is 2.58. The summed E-state index contributed by atoms with van der Waals surface area (Å²) in [5.74, 6) is -0.829. The van der Waals surface area contributed by atoms with Crippen LogP contribution in [-0.4, -0.2) is 47.1 Å². The number of ether oxygens (including phenoxy) is 3. The fourth-order valence-electron chi connectivity index (χ4n) is 4.00. The number of nitrogens with zero attached hydrogens (tertiary/aromatic N) is 1. The monoisotopic (exact) mass is 409 g/mol. The zero-order valence-electron chi connectivity index (χ0n) is 16.6. The van der Waals surface area contributed by atoms with Gasteiger partial charge in [-0.25, -0.2) is 4.79 Å². The van der Waals surface area contributed by atoms with Gasteiger partial charge in [-0.05, 0) is 11.1 Å². The molecule has 2 heterocycles. The van der Waals surface area contributed by atoms with Crippen molar-refractivity contribution in [1.29, 1.82) is 0 Å². The highest BCUT2D eigenvalue weighted by atomic mass is 16.6. The summed E-state index contributed by atoms with van der Waals surface area (Å²) in [6, 6.07) is 18.4. The van der Waals surface area contributed by atoms with E-state index >= 15 is 0 Å². The molecule has 7 nitrogen and oxygen atoms in total. The van der Waals surface area contributed by atoms with Crippen molar-refractivity contribution >= 4 is 17.8 Å². The van der Waals surface area contributed by atoms with Gasteiger partial charge in [0.15, 0.2) is 6.10 Å². The molecular weight excluding hydrogens is 386 g/mol. The molecule has 0 aliphatic carbocycles. The zero-order valence-corrected chi connectivity index (χ0v) is 16.6. The van der Waals surface area contributed by atoms with E-state index in [4.69, 9.17) is 14.2 Å². The van der Waals surface area contributed by atoms with Crippen molar-refractivity contribution in [1.82, 2.24) is 4.90 Å². The Morgan fingerprint density at radius 3 is 2.27 bits per heavy atom. The summed E-state index contributed by atoms with van der Waals surface area (Å²) in [5.41, 5.74) is 1.79. The molecule has 4 atom stereocenters. The molecule has 4 rings (SSSR count). The molecule has 156 valence electrons. The Morgan fingerprint density at radius 1 is 1.03 bits per heavy atom. The van der Waals surface area contributed by atoms with Gasteiger partial charge in [-0.2, -0.15) is 0 Å². The topological polar surface area (TPSA) is 82.1 Å². The van der Waals surface area contributed by atoms with Crippen LogP contribution < -0.4 is 0 Å². The van der Waals surface area contributed by atoms with E-state index in [1.807, 2.05) is 60.7 Å². The number of carbonyl (C=O) groups excluding carboxylic acids is 3. The second-order valence-electron chi connectivity index (χ2n) is 7.48. The number of ketones is 1. The SMILES string of the molecule is CC(=O)O[C@@H]1C(=O)[C@@H]2O[C@H]1C[C@@H]2N(Cc1ccccc1)C(=O)OCc1ccccc1. The van der Waals surface area contributed by atoms with E-state index in [1.54, 1.807) is 4.90 Å². The summed E-state index contributed by atoms with van der Waals surface area (Å²) in [6.07, 6.45) is -2.38. The Kier molecular flexibility index (Phi) is 5.81. The number of amides is 1. The number of benzene rings is 2. The fraction of sp³-hybridized carbons (Fsp3) is 0.348. The highest BCUT2D eigenvalue weighted by molar-refractivity contribution is 5.93. The summed E-state index contributed by atoms with van der Waals surface area (Å²) in [4.78, 5) is 38.5. The van der Waals surface area contributed by atoms with Gasteiger partial charge in [-0.3, -0.25) is 14.5 Å². The molecule has 0 radical (unpaired) electrons. The fourth-order valence-corrected chi connectivity index (χ4v) is 4.00. The number of fused-ring (bicyclic) bond motifs is 2. The smallest absolute Gasteiger partial charge is 0.410 e. The van der Waals surface area contributed by atoms with E-state index in [-0.39, 0.29) is 18.9 Å². The summed E-state index contributed by atoms with van der Waals surface area (Å²) in [6.45, 7) is 1.69. The molecule has 2 fully saturated rings. The molecule has 0 saturated carbocycles. The van der Waals surface area contributed by atoms with Crippen LogP contribution in [0.1, 0.15) is 24.5 Å². The lowest BCUT2D eigenvalue weighted by Crippen LogP contribution is -2.52. The van der Waals surface area contributed by atoms with Crippen LogP contribution in [0.2, 0.25) is 0 Å². The van der Waals surface area contributed by atoms with Gasteiger partial charge in [-0.1, -0.05) is 60.7 Å². The molecule has 30 heavy (non-hydrogen) atoms. The molecule has 0 N–H and O–H groups in total. The largest absolute Gasteiger partial charge is 0.452 e. The maximum Gasteiger partial charge on any atom is 0.410 e. The second kappa shape index (κ2) is 8.67. The third-order valence-corrected chi connectivity index (χ3v) is 5.37. The van der Waals surface area contributed by atoms with Crippen molar-refractivity contribution in [3.8, 4) is 0 Å². The first kappa shape index (κ1) is 20.1. The van der Waals surface area contributed by atoms with Crippen LogP contribution in [0.3, 0.4) is 0 Å². The number of Topliss-reactive ketones (excluding diaryl/α,β-unsaturated/α-hetero) is 1. The number of esters is 1. The average molecular weight is 409 g/mol. The Hall–Kier alpha value is -3.19. The van der Waals surface area contributed by atoms with Gasteiger partial charge in [-0.15, -0.1) is 0 Å². The normalized spacial score (nSPS) is 24.5. The number of carbonyl (C=O) groups is 3. The summed E-state index contributed by atoms with van der Waals surface area (Å²) >= 11 is 0. The quantitative estimate of drug-likeness (QED) is 0.683. The minimum Gasteiger partial charge on any atom is -0.452 e. The van der Waals surface area contributed by atoms with Gasteiger partial charge >= 0.3 is 12.1 Å². The molecule has 2 aromatic carbocycles. The molecular formula is C23H23NO6. The average Bonchev–Trinajstić information content (AvgIpc) is 3.31. The van der Waals surface area contributed by atoms with Gasteiger partial charge in [0.2, 0.25) is 5.78 Å². The van der Waals surface area contributed by atoms with Crippen LogP contribution in [-0.2, 0) is 37.0 Å². The van der Waals surface area contributed by atoms with Crippen LogP contribution >= 0.6 is 0 Å². The van der Waals surface area contributed by atoms with Crippen molar-refractivity contribution in [2.45, 2.75) is 50.8 Å². The number of rotatable bonds is 6. The van der Waals surface area contributed by atoms with Crippen LogP contribution in [0, 0.1) is 0 Å². The van der Waals surface area contributed by atoms with Crippen LogP contribution in [0.4, 0.5) is 4.79 Å². The molecule has 0 unspecified atom stereocenters. The van der Waals surface area contributed by atoms with Gasteiger partial charge in [0.1, 0.15) is 18.8 Å². The lowest BCUT2D eigenvalue weighted by Gasteiger charge is -2.33. The van der Waals surface area contributed by atoms with Gasteiger partial charge in [0.25, 0.3) is 0 Å². The molecule has 2 bridgehead atoms. The maximum absolute atomic E-state index is 13.0. The van der Waals surface area contributed by atoms with Crippen molar-refractivity contribution < 1.29 is 28.6 Å². The lowest BCUT2D eigenvalue weighted by molar-refractivity contribution is -0.154. The number of hydrogen-bond donors (Lipinski definition) is 0. The standard InChI is InChI=1S/C23H23NO6/c1-15(25)29-22-19-12-18(21(30-19)20(22)26)24(13-16-8-4-2-5-9-16)23(27)28-14-17-10-6-3-7-11-17/h2-11,18-19,21-22H,12-14H2,1H3/t18-,19-,21+,22-/m0/s1. The van der Waals surface area contributed by atoms with E-state index < -0.39 is 36.4 Å². The van der Waals surface area contributed by atoms with E-state index in [1.165, 1.54) is 6.92 Å². The second-order valence-corrected chi connectivity index (χ2v) is 7.48. The molecule has 7 heteroatoms. The van der Waals surface area contributed by atoms with Gasteiger partial charge in [0, 0.05) is 19.9 Å². The Morgan fingerprint density at radius 2 is 1.67 bits per heavy atom. The predicted molar refractivity (Wildman–Crippen MR) is 106 cm³/mol. The summed E-state index contributed by atoms with van der Waals surface area (Å²) in [7, 11) is 0. The van der Waals surface area contributed by atoms with Crippen LogP contribution in [0.25, 0.3) is 0 Å². The van der Waals surface area contributed by atoms with E-state index in [0.29, 0.717) is 6.42 Å². The van der Waals surface area contributed by atoms with Crippen LogP contribution in [0.5, 0.6) is 0 Å². The van der Waals surface area contributed by atoms with Crippen molar-refractivity contribution in [2.75, 3.05) is 0 Å². The third kappa shape index (κ3) is 4.21. The van der Waals surface area contributed by atoms with Crippen molar-refractivity contribution in [2.24, 2.45) is 0 Å². The minimum atomic E-state index is -0.900. The van der Waals surface area contributed by atoms with E-state index in [0.717, 1.165) is 11.1 Å².